The Hall–Kier alpha value is -1.18. The number of para-hydroxylation sites is 1. The fraction of sp³-hybridized carbons (Fsp3) is 0.500. The first kappa shape index (κ1) is 8.16. The lowest BCUT2D eigenvalue weighted by atomic mass is 9.96. The van der Waals surface area contributed by atoms with Crippen molar-refractivity contribution in [1.29, 1.82) is 0 Å². The summed E-state index contributed by atoms with van der Waals surface area (Å²) in [6.07, 6.45) is 5.16. The smallest absolute Gasteiger partial charge is 0.164 e. The number of fused-ring (bicyclic) bond motifs is 1. The van der Waals surface area contributed by atoms with E-state index in [4.69, 9.17) is 9.47 Å². The Morgan fingerprint density at radius 2 is 2.21 bits per heavy atom. The minimum Gasteiger partial charge on any atom is -0.489 e. The molecule has 1 aromatic rings. The van der Waals surface area contributed by atoms with Crippen LogP contribution in [-0.2, 0) is 6.42 Å². The normalized spacial score (nSPS) is 19.7. The molecule has 2 nitrogen and oxygen atoms in total. The van der Waals surface area contributed by atoms with Crippen LogP contribution in [0.25, 0.3) is 0 Å². The highest BCUT2D eigenvalue weighted by molar-refractivity contribution is 5.48. The van der Waals surface area contributed by atoms with Crippen molar-refractivity contribution in [2.24, 2.45) is 0 Å². The predicted octanol–water partition coefficient (Wildman–Crippen LogP) is 2.55. The zero-order chi connectivity index (χ0) is 9.38. The van der Waals surface area contributed by atoms with Gasteiger partial charge in [0.1, 0.15) is 0 Å². The fourth-order valence-electron chi connectivity index (χ4n) is 1.95. The molecule has 0 unspecified atom stereocenters. The maximum Gasteiger partial charge on any atom is 0.164 e. The number of ether oxygens (including phenoxy) is 2. The lowest BCUT2D eigenvalue weighted by Gasteiger charge is -2.27. The van der Waals surface area contributed by atoms with Crippen LogP contribution < -0.4 is 9.47 Å². The van der Waals surface area contributed by atoms with Crippen LogP contribution in [0.15, 0.2) is 18.2 Å². The highest BCUT2D eigenvalue weighted by Gasteiger charge is 2.23. The van der Waals surface area contributed by atoms with Gasteiger partial charge in [0.15, 0.2) is 11.5 Å². The Bertz CT molecular complexity index is 342. The monoisotopic (exact) mass is 190 g/mol. The van der Waals surface area contributed by atoms with Crippen LogP contribution in [0.3, 0.4) is 0 Å². The second kappa shape index (κ2) is 3.19. The van der Waals surface area contributed by atoms with E-state index in [0.29, 0.717) is 6.10 Å². The highest BCUT2D eigenvalue weighted by atomic mass is 16.5. The van der Waals surface area contributed by atoms with Crippen molar-refractivity contribution in [3.8, 4) is 11.5 Å². The minimum atomic E-state index is 0.436. The van der Waals surface area contributed by atoms with Crippen LogP contribution in [-0.4, -0.2) is 12.7 Å². The van der Waals surface area contributed by atoms with E-state index in [1.54, 1.807) is 0 Å². The molecule has 0 radical (unpaired) electrons. The summed E-state index contributed by atoms with van der Waals surface area (Å²) in [6, 6.07) is 6.19. The van der Waals surface area contributed by atoms with Crippen molar-refractivity contribution in [2.45, 2.75) is 31.8 Å². The molecule has 1 fully saturated rings. The van der Waals surface area contributed by atoms with E-state index in [1.165, 1.54) is 24.8 Å². The summed E-state index contributed by atoms with van der Waals surface area (Å²) in [5.74, 6) is 1.93. The largest absolute Gasteiger partial charge is 0.489 e. The van der Waals surface area contributed by atoms with Crippen molar-refractivity contribution >= 4 is 0 Å². The van der Waals surface area contributed by atoms with E-state index in [-0.39, 0.29) is 0 Å². The second-order valence-electron chi connectivity index (χ2n) is 4.01. The average molecular weight is 190 g/mol. The zero-order valence-corrected chi connectivity index (χ0v) is 8.16. The predicted molar refractivity (Wildman–Crippen MR) is 53.9 cm³/mol. The SMILES string of the molecule is c1cc2c(c(OC3CCC3)c1)OCC2. The van der Waals surface area contributed by atoms with Crippen LogP contribution >= 0.6 is 0 Å². The van der Waals surface area contributed by atoms with Gasteiger partial charge in [-0.15, -0.1) is 0 Å². The third-order valence-electron chi connectivity index (χ3n) is 3.02. The maximum atomic E-state index is 5.87. The molecule has 0 bridgehead atoms. The van der Waals surface area contributed by atoms with Crippen molar-refractivity contribution < 1.29 is 9.47 Å². The molecule has 1 aromatic carbocycles. The first-order valence-corrected chi connectivity index (χ1v) is 5.35. The molecule has 0 amide bonds. The maximum absolute atomic E-state index is 5.87. The van der Waals surface area contributed by atoms with Crippen LogP contribution in [0.5, 0.6) is 11.5 Å². The Morgan fingerprint density at radius 1 is 1.29 bits per heavy atom. The van der Waals surface area contributed by atoms with Crippen molar-refractivity contribution in [2.75, 3.05) is 6.61 Å². The van der Waals surface area contributed by atoms with E-state index in [0.717, 1.165) is 24.5 Å². The van der Waals surface area contributed by atoms with Crippen LogP contribution in [0.1, 0.15) is 24.8 Å². The van der Waals surface area contributed by atoms with E-state index < -0.39 is 0 Å². The molecule has 1 saturated carbocycles. The van der Waals surface area contributed by atoms with Gasteiger partial charge in [0.25, 0.3) is 0 Å². The van der Waals surface area contributed by atoms with Gasteiger partial charge in [0, 0.05) is 12.0 Å². The second-order valence-corrected chi connectivity index (χ2v) is 4.01. The lowest BCUT2D eigenvalue weighted by Crippen LogP contribution is -2.24. The molecule has 0 spiro atoms. The van der Waals surface area contributed by atoms with Crippen LogP contribution in [0, 0.1) is 0 Å². The number of benzene rings is 1. The van der Waals surface area contributed by atoms with Gasteiger partial charge in [-0.1, -0.05) is 12.1 Å². The number of hydrogen-bond acceptors (Lipinski definition) is 2. The third kappa shape index (κ3) is 1.26. The van der Waals surface area contributed by atoms with E-state index >= 15 is 0 Å². The zero-order valence-electron chi connectivity index (χ0n) is 8.16. The van der Waals surface area contributed by atoms with E-state index in [2.05, 4.69) is 12.1 Å². The summed E-state index contributed by atoms with van der Waals surface area (Å²) < 4.78 is 11.4. The van der Waals surface area contributed by atoms with Gasteiger partial charge in [-0.2, -0.15) is 0 Å². The molecule has 2 heteroatoms. The number of rotatable bonds is 2. The average Bonchev–Trinajstić information content (AvgIpc) is 2.59. The molecule has 1 aliphatic carbocycles. The number of hydrogen-bond donors (Lipinski definition) is 0. The van der Waals surface area contributed by atoms with E-state index in [1.807, 2.05) is 6.07 Å². The van der Waals surface area contributed by atoms with Gasteiger partial charge in [-0.3, -0.25) is 0 Å². The van der Waals surface area contributed by atoms with E-state index in [9.17, 15) is 0 Å². The van der Waals surface area contributed by atoms with Gasteiger partial charge in [0.2, 0.25) is 0 Å². The van der Waals surface area contributed by atoms with Gasteiger partial charge < -0.3 is 9.47 Å². The molecule has 74 valence electrons. The molecule has 3 rings (SSSR count). The molecule has 14 heavy (non-hydrogen) atoms. The van der Waals surface area contributed by atoms with Gasteiger partial charge in [-0.25, -0.2) is 0 Å². The minimum absolute atomic E-state index is 0.436. The fourth-order valence-corrected chi connectivity index (χ4v) is 1.95. The van der Waals surface area contributed by atoms with Crippen LogP contribution in [0.2, 0.25) is 0 Å². The Balaban J connectivity index is 1.85. The summed E-state index contributed by atoms with van der Waals surface area (Å²) in [7, 11) is 0. The standard InChI is InChI=1S/C12H14O2/c1-3-9-7-8-13-12(9)11(6-1)14-10-4-2-5-10/h1,3,6,10H,2,4-5,7-8H2. The lowest BCUT2D eigenvalue weighted by molar-refractivity contribution is 0.116. The molecule has 1 heterocycles. The molecular weight excluding hydrogens is 176 g/mol. The summed E-state index contributed by atoms with van der Waals surface area (Å²) >= 11 is 0. The molecule has 0 N–H and O–H groups in total. The summed E-state index contributed by atoms with van der Waals surface area (Å²) in [4.78, 5) is 0. The molecule has 0 aromatic heterocycles. The molecule has 0 atom stereocenters. The molecule has 0 saturated heterocycles. The topological polar surface area (TPSA) is 18.5 Å². The van der Waals surface area contributed by atoms with Crippen molar-refractivity contribution in [1.82, 2.24) is 0 Å². The quantitative estimate of drug-likeness (QED) is 0.713. The molecule has 1 aliphatic heterocycles. The Morgan fingerprint density at radius 3 is 3.00 bits per heavy atom. The van der Waals surface area contributed by atoms with Gasteiger partial charge in [0.05, 0.1) is 12.7 Å². The van der Waals surface area contributed by atoms with Crippen molar-refractivity contribution in [3.63, 3.8) is 0 Å². The first-order chi connectivity index (χ1) is 6.93. The van der Waals surface area contributed by atoms with Crippen LogP contribution in [0.4, 0.5) is 0 Å². The van der Waals surface area contributed by atoms with Gasteiger partial charge >= 0.3 is 0 Å². The summed E-state index contributed by atoms with van der Waals surface area (Å²) in [5.41, 5.74) is 1.29. The highest BCUT2D eigenvalue weighted by Crippen LogP contribution is 2.37. The Labute approximate surface area is 83.8 Å². The Kier molecular flexibility index (Phi) is 1.86. The summed E-state index contributed by atoms with van der Waals surface area (Å²) in [6.45, 7) is 0.806. The summed E-state index contributed by atoms with van der Waals surface area (Å²) in [5, 5.41) is 0. The third-order valence-corrected chi connectivity index (χ3v) is 3.02. The van der Waals surface area contributed by atoms with Crippen molar-refractivity contribution in [3.05, 3.63) is 23.8 Å². The molecule has 2 aliphatic rings. The first-order valence-electron chi connectivity index (χ1n) is 5.35. The van der Waals surface area contributed by atoms with Gasteiger partial charge in [-0.05, 0) is 25.3 Å². The molecular formula is C12H14O2.